The highest BCUT2D eigenvalue weighted by molar-refractivity contribution is 9.10. The molecule has 6 rings (SSSR count). The van der Waals surface area contributed by atoms with E-state index in [-0.39, 0.29) is 29.1 Å². The van der Waals surface area contributed by atoms with E-state index in [0.717, 1.165) is 26.3 Å². The Morgan fingerprint density at radius 3 is 2.38 bits per heavy atom. The minimum atomic E-state index is -0.701. The van der Waals surface area contributed by atoms with Crippen LogP contribution in [0.2, 0.25) is 0 Å². The van der Waals surface area contributed by atoms with E-state index in [1.807, 2.05) is 30.3 Å². The Labute approximate surface area is 229 Å². The molecule has 2 aromatic carbocycles. The van der Waals surface area contributed by atoms with Crippen LogP contribution in [0, 0.1) is 5.92 Å². The van der Waals surface area contributed by atoms with Crippen LogP contribution in [0.15, 0.2) is 68.9 Å². The third kappa shape index (κ3) is 4.27. The summed E-state index contributed by atoms with van der Waals surface area (Å²) in [6.07, 6.45) is 0. The third-order valence-corrected chi connectivity index (χ3v) is 10.1. The molecule has 0 radical (unpaired) electrons. The fraction of sp³-hybridized carbons (Fsp3) is 0.308. The number of nitrogens with zero attached hydrogens (tertiary/aromatic N) is 3. The largest absolute Gasteiger partial charge is 0.378 e. The number of para-hydroxylation sites is 1. The molecule has 1 aromatic heterocycles. The molecule has 0 unspecified atom stereocenters. The maximum absolute atomic E-state index is 13.8. The molecule has 8 nitrogen and oxygen atoms in total. The van der Waals surface area contributed by atoms with Crippen LogP contribution in [0.5, 0.6) is 0 Å². The van der Waals surface area contributed by atoms with E-state index in [0.29, 0.717) is 37.0 Å². The van der Waals surface area contributed by atoms with Crippen molar-refractivity contribution in [1.29, 1.82) is 0 Å². The smallest absolute Gasteiger partial charge is 0.308 e. The number of hydrogen-bond donors (Lipinski definition) is 0. The first-order chi connectivity index (χ1) is 17.9. The molecule has 4 heterocycles. The summed E-state index contributed by atoms with van der Waals surface area (Å²) in [5.41, 5.74) is 1.38. The van der Waals surface area contributed by atoms with Crippen LogP contribution in [0.4, 0.5) is 5.69 Å². The molecular weight excluding hydrogens is 578 g/mol. The van der Waals surface area contributed by atoms with Gasteiger partial charge in [0.15, 0.2) is 0 Å². The van der Waals surface area contributed by atoms with Crippen molar-refractivity contribution in [1.82, 2.24) is 9.47 Å². The molecule has 0 spiro atoms. The maximum atomic E-state index is 13.8. The minimum absolute atomic E-state index is 0.105. The molecule has 3 aliphatic rings. The summed E-state index contributed by atoms with van der Waals surface area (Å²) in [5.74, 6) is -1.87. The van der Waals surface area contributed by atoms with Gasteiger partial charge in [0.1, 0.15) is 11.8 Å². The Balaban J connectivity index is 1.44. The van der Waals surface area contributed by atoms with Crippen molar-refractivity contribution in [3.63, 3.8) is 0 Å². The van der Waals surface area contributed by atoms with Crippen molar-refractivity contribution in [3.05, 3.63) is 79.2 Å². The van der Waals surface area contributed by atoms with E-state index in [4.69, 9.17) is 4.74 Å². The number of halogens is 1. The van der Waals surface area contributed by atoms with E-state index in [2.05, 4.69) is 15.9 Å². The molecule has 3 aliphatic heterocycles. The van der Waals surface area contributed by atoms with Crippen LogP contribution >= 0.6 is 39.0 Å². The number of thiazole rings is 1. The van der Waals surface area contributed by atoms with Gasteiger partial charge >= 0.3 is 4.87 Å². The lowest BCUT2D eigenvalue weighted by Crippen LogP contribution is -2.43. The first kappa shape index (κ1) is 24.6. The van der Waals surface area contributed by atoms with Gasteiger partial charge in [0, 0.05) is 28.4 Å². The second kappa shape index (κ2) is 9.86. The van der Waals surface area contributed by atoms with Crippen LogP contribution in [-0.4, -0.2) is 58.7 Å². The first-order valence-corrected chi connectivity index (χ1v) is 14.4. The Bertz CT molecular complexity index is 1430. The van der Waals surface area contributed by atoms with Gasteiger partial charge in [-0.05, 0) is 29.8 Å². The second-order valence-corrected chi connectivity index (χ2v) is 12.1. The highest BCUT2D eigenvalue weighted by atomic mass is 79.9. The molecule has 190 valence electrons. The summed E-state index contributed by atoms with van der Waals surface area (Å²) in [5, 5.41) is -0.102. The van der Waals surface area contributed by atoms with Crippen molar-refractivity contribution < 1.29 is 19.1 Å². The number of fused-ring (bicyclic) bond motifs is 2. The molecule has 2 saturated heterocycles. The molecule has 3 atom stereocenters. The lowest BCUT2D eigenvalue weighted by molar-refractivity contribution is -0.136. The zero-order valence-electron chi connectivity index (χ0n) is 19.5. The average Bonchev–Trinajstić information content (AvgIpc) is 3.36. The molecule has 0 bridgehead atoms. The Hall–Kier alpha value is -2.73. The minimum Gasteiger partial charge on any atom is -0.378 e. The van der Waals surface area contributed by atoms with Crippen molar-refractivity contribution in [2.45, 2.75) is 22.7 Å². The number of anilines is 1. The van der Waals surface area contributed by atoms with E-state index in [9.17, 15) is 19.2 Å². The summed E-state index contributed by atoms with van der Waals surface area (Å²) in [4.78, 5) is 57.2. The van der Waals surface area contributed by atoms with E-state index < -0.39 is 17.1 Å². The van der Waals surface area contributed by atoms with Crippen LogP contribution in [0.25, 0.3) is 0 Å². The molecule has 0 N–H and O–H groups in total. The number of ether oxygens (including phenoxy) is 1. The zero-order valence-corrected chi connectivity index (χ0v) is 22.8. The molecule has 2 fully saturated rings. The highest BCUT2D eigenvalue weighted by Crippen LogP contribution is 2.53. The standard InChI is InChI=1S/C26H22BrN3O5S2/c27-16-8-6-15(7-9-16)19-20-21(24(33)30(23(20)32)17-4-2-1-3-5-17)36-25-22(19)37-26(34)29(25)14-18(31)28-10-12-35-13-11-28/h1-9,19-21H,10-14H2/t19-,20-,21+/m0/s1. The Morgan fingerprint density at radius 1 is 0.973 bits per heavy atom. The van der Waals surface area contributed by atoms with Crippen LogP contribution in [0.1, 0.15) is 16.4 Å². The number of morpholine rings is 1. The number of carbonyl (C=O) groups excluding carboxylic acids is 3. The predicted octanol–water partition coefficient (Wildman–Crippen LogP) is 3.33. The van der Waals surface area contributed by atoms with E-state index in [1.165, 1.54) is 21.2 Å². The SMILES string of the molecule is O=C(Cn1c2c(sc1=O)[C@@H](c1ccc(Br)cc1)[C@@H]1C(=O)N(c3ccccc3)C(=O)[C@@H]1S2)N1CCOCC1. The molecule has 0 aliphatic carbocycles. The fourth-order valence-corrected chi connectivity index (χ4v) is 8.20. The van der Waals surface area contributed by atoms with Crippen molar-refractivity contribution >= 4 is 62.4 Å². The fourth-order valence-electron chi connectivity index (χ4n) is 5.16. The number of thioether (sulfide) groups is 1. The van der Waals surface area contributed by atoms with E-state index >= 15 is 0 Å². The lowest BCUT2D eigenvalue weighted by Gasteiger charge is -2.31. The Morgan fingerprint density at radius 2 is 1.68 bits per heavy atom. The van der Waals surface area contributed by atoms with Gasteiger partial charge in [-0.2, -0.15) is 0 Å². The Kier molecular flexibility index (Phi) is 6.56. The van der Waals surface area contributed by atoms with Crippen molar-refractivity contribution in [2.75, 3.05) is 31.2 Å². The normalized spacial score (nSPS) is 23.2. The van der Waals surface area contributed by atoms with Crippen molar-refractivity contribution in [2.24, 2.45) is 5.92 Å². The van der Waals surface area contributed by atoms with Gasteiger partial charge in [0.05, 0.1) is 29.8 Å². The number of benzene rings is 2. The number of aromatic nitrogens is 1. The van der Waals surface area contributed by atoms with Crippen LogP contribution in [0.3, 0.4) is 0 Å². The first-order valence-electron chi connectivity index (χ1n) is 11.9. The zero-order chi connectivity index (χ0) is 25.7. The van der Waals surface area contributed by atoms with Gasteiger partial charge in [0.25, 0.3) is 0 Å². The monoisotopic (exact) mass is 599 g/mol. The van der Waals surface area contributed by atoms with Gasteiger partial charge in [-0.3, -0.25) is 23.7 Å². The molecule has 11 heteroatoms. The number of carbonyl (C=O) groups is 3. The quantitative estimate of drug-likeness (QED) is 0.427. The average molecular weight is 601 g/mol. The second-order valence-electron chi connectivity index (χ2n) is 9.06. The third-order valence-electron chi connectivity index (χ3n) is 6.95. The maximum Gasteiger partial charge on any atom is 0.308 e. The number of imide groups is 1. The van der Waals surface area contributed by atoms with Gasteiger partial charge < -0.3 is 9.64 Å². The molecular formula is C26H22BrN3O5S2. The number of rotatable bonds is 4. The van der Waals surface area contributed by atoms with Crippen LogP contribution < -0.4 is 9.77 Å². The van der Waals surface area contributed by atoms with Gasteiger partial charge in [-0.15, -0.1) is 0 Å². The summed E-state index contributed by atoms with van der Waals surface area (Å²) in [6.45, 7) is 1.81. The van der Waals surface area contributed by atoms with Gasteiger partial charge in [-0.25, -0.2) is 4.90 Å². The lowest BCUT2D eigenvalue weighted by atomic mass is 9.83. The molecule has 3 amide bonds. The summed E-state index contributed by atoms with van der Waals surface area (Å²) >= 11 is 5.76. The van der Waals surface area contributed by atoms with Gasteiger partial charge in [-0.1, -0.05) is 69.4 Å². The topological polar surface area (TPSA) is 88.9 Å². The number of hydrogen-bond acceptors (Lipinski definition) is 7. The number of amides is 3. The summed E-state index contributed by atoms with van der Waals surface area (Å²) < 4.78 is 7.71. The van der Waals surface area contributed by atoms with Gasteiger partial charge in [0.2, 0.25) is 17.7 Å². The highest BCUT2D eigenvalue weighted by Gasteiger charge is 2.56. The van der Waals surface area contributed by atoms with E-state index in [1.54, 1.807) is 29.2 Å². The predicted molar refractivity (Wildman–Crippen MR) is 144 cm³/mol. The summed E-state index contributed by atoms with van der Waals surface area (Å²) in [6, 6.07) is 16.5. The molecule has 0 saturated carbocycles. The summed E-state index contributed by atoms with van der Waals surface area (Å²) in [7, 11) is 0. The molecule has 37 heavy (non-hydrogen) atoms. The molecule has 3 aromatic rings. The van der Waals surface area contributed by atoms with Crippen LogP contribution in [-0.2, 0) is 25.7 Å². The van der Waals surface area contributed by atoms with Crippen molar-refractivity contribution in [3.8, 4) is 0 Å².